The summed E-state index contributed by atoms with van der Waals surface area (Å²) < 4.78 is 10.0. The fourth-order valence-corrected chi connectivity index (χ4v) is 1.98. The number of amides is 2. The highest BCUT2D eigenvalue weighted by Gasteiger charge is 2.31. The molecule has 21 heavy (non-hydrogen) atoms. The average Bonchev–Trinajstić information content (AvgIpc) is 2.86. The van der Waals surface area contributed by atoms with E-state index in [4.69, 9.17) is 21.1 Å². The fourth-order valence-electron chi connectivity index (χ4n) is 1.82. The van der Waals surface area contributed by atoms with Gasteiger partial charge in [-0.3, -0.25) is 9.69 Å². The number of methoxy groups -OCH3 is 1. The summed E-state index contributed by atoms with van der Waals surface area (Å²) in [7, 11) is 1.58. The van der Waals surface area contributed by atoms with E-state index < -0.39 is 6.09 Å². The zero-order valence-corrected chi connectivity index (χ0v) is 13.3. The summed E-state index contributed by atoms with van der Waals surface area (Å²) in [5.74, 6) is 0.278. The number of rotatable bonds is 8. The van der Waals surface area contributed by atoms with E-state index in [0.29, 0.717) is 19.7 Å². The summed E-state index contributed by atoms with van der Waals surface area (Å²) in [5.41, 5.74) is 1.51. The van der Waals surface area contributed by atoms with Crippen molar-refractivity contribution in [2.45, 2.75) is 20.0 Å². The van der Waals surface area contributed by atoms with E-state index in [2.05, 4.69) is 0 Å². The van der Waals surface area contributed by atoms with Crippen LogP contribution in [0.25, 0.3) is 0 Å². The Morgan fingerprint density at radius 2 is 2.24 bits per heavy atom. The number of carbonyl (C=O) groups is 2. The van der Waals surface area contributed by atoms with Gasteiger partial charge in [0.15, 0.2) is 0 Å². The zero-order chi connectivity index (χ0) is 15.8. The molecular formula is C14H21ClN2O4. The summed E-state index contributed by atoms with van der Waals surface area (Å²) in [5, 5.41) is 0. The SMILES string of the molecule is COCCN(C=O)/C(C)=C/C=C(\C)N1C[C@H](CCl)OC1=O. The molecule has 1 aliphatic heterocycles. The number of cyclic esters (lactones) is 1. The van der Waals surface area contributed by atoms with E-state index >= 15 is 0 Å². The third-order valence-corrected chi connectivity index (χ3v) is 3.50. The summed E-state index contributed by atoms with van der Waals surface area (Å²) >= 11 is 5.69. The van der Waals surface area contributed by atoms with Crippen LogP contribution in [0.15, 0.2) is 23.5 Å². The Hall–Kier alpha value is -1.53. The predicted molar refractivity (Wildman–Crippen MR) is 79.9 cm³/mol. The van der Waals surface area contributed by atoms with Crippen LogP contribution < -0.4 is 0 Å². The van der Waals surface area contributed by atoms with Gasteiger partial charge in [0.05, 0.1) is 19.0 Å². The molecule has 0 unspecified atom stereocenters. The lowest BCUT2D eigenvalue weighted by atomic mass is 10.3. The molecule has 0 aromatic carbocycles. The van der Waals surface area contributed by atoms with Crippen LogP contribution in [-0.2, 0) is 14.3 Å². The largest absolute Gasteiger partial charge is 0.443 e. The van der Waals surface area contributed by atoms with Gasteiger partial charge in [0.2, 0.25) is 6.41 Å². The molecular weight excluding hydrogens is 296 g/mol. The van der Waals surface area contributed by atoms with Crippen molar-refractivity contribution in [3.05, 3.63) is 23.5 Å². The van der Waals surface area contributed by atoms with Gasteiger partial charge in [0, 0.05) is 25.0 Å². The maximum atomic E-state index is 11.7. The van der Waals surface area contributed by atoms with Gasteiger partial charge in [0.25, 0.3) is 0 Å². The molecule has 0 spiro atoms. The van der Waals surface area contributed by atoms with Gasteiger partial charge in [-0.05, 0) is 26.0 Å². The van der Waals surface area contributed by atoms with E-state index in [1.54, 1.807) is 19.3 Å². The first-order valence-electron chi connectivity index (χ1n) is 6.63. The number of hydrogen-bond acceptors (Lipinski definition) is 4. The minimum atomic E-state index is -0.396. The highest BCUT2D eigenvalue weighted by Crippen LogP contribution is 2.18. The molecule has 118 valence electrons. The van der Waals surface area contributed by atoms with Crippen LogP contribution in [0, 0.1) is 0 Å². The van der Waals surface area contributed by atoms with Gasteiger partial charge in [-0.1, -0.05) is 0 Å². The van der Waals surface area contributed by atoms with E-state index in [0.717, 1.165) is 17.8 Å². The predicted octanol–water partition coefficient (Wildman–Crippen LogP) is 1.96. The number of hydrogen-bond donors (Lipinski definition) is 0. The Morgan fingerprint density at radius 3 is 2.76 bits per heavy atom. The normalized spacial score (nSPS) is 19.7. The molecule has 2 amide bonds. The standard InChI is InChI=1S/C14H21ClN2O4/c1-11(16(10-18)6-7-20-3)4-5-12(2)17-9-13(8-15)21-14(17)19/h4-5,10,13H,6-9H2,1-3H3/b11-4+,12-5+/t13-/m0/s1. The molecule has 0 radical (unpaired) electrons. The van der Waals surface area contributed by atoms with Gasteiger partial charge < -0.3 is 14.4 Å². The molecule has 0 aromatic heterocycles. The van der Waals surface area contributed by atoms with Crippen molar-refractivity contribution in [3.63, 3.8) is 0 Å². The maximum absolute atomic E-state index is 11.7. The van der Waals surface area contributed by atoms with Crippen LogP contribution in [0.2, 0.25) is 0 Å². The van der Waals surface area contributed by atoms with Gasteiger partial charge in [-0.2, -0.15) is 0 Å². The van der Waals surface area contributed by atoms with Crippen molar-refractivity contribution in [2.75, 3.05) is 32.7 Å². The molecule has 0 aliphatic carbocycles. The molecule has 7 heteroatoms. The molecule has 0 aromatic rings. The quantitative estimate of drug-likeness (QED) is 0.390. The van der Waals surface area contributed by atoms with Crippen LogP contribution in [-0.4, -0.2) is 61.1 Å². The van der Waals surface area contributed by atoms with E-state index in [1.807, 2.05) is 13.8 Å². The molecule has 1 atom stereocenters. The van der Waals surface area contributed by atoms with Gasteiger partial charge in [-0.15, -0.1) is 11.6 Å². The number of alkyl halides is 1. The van der Waals surface area contributed by atoms with Gasteiger partial charge in [-0.25, -0.2) is 4.79 Å². The number of nitrogens with zero attached hydrogens (tertiary/aromatic N) is 2. The molecule has 1 fully saturated rings. The number of halogens is 1. The van der Waals surface area contributed by atoms with Crippen LogP contribution in [0.1, 0.15) is 13.8 Å². The molecule has 0 bridgehead atoms. The van der Waals surface area contributed by atoms with Crippen molar-refractivity contribution < 1.29 is 19.1 Å². The summed E-state index contributed by atoms with van der Waals surface area (Å²) in [6, 6.07) is 0. The summed E-state index contributed by atoms with van der Waals surface area (Å²) in [4.78, 5) is 25.7. The lowest BCUT2D eigenvalue weighted by Gasteiger charge is -2.17. The minimum absolute atomic E-state index is 0.277. The third kappa shape index (κ3) is 5.06. The minimum Gasteiger partial charge on any atom is -0.443 e. The summed E-state index contributed by atoms with van der Waals surface area (Å²) in [6.07, 6.45) is 3.63. The van der Waals surface area contributed by atoms with Crippen molar-refractivity contribution in [1.82, 2.24) is 9.80 Å². The number of allylic oxidation sites excluding steroid dienone is 4. The zero-order valence-electron chi connectivity index (χ0n) is 12.5. The van der Waals surface area contributed by atoms with Crippen molar-refractivity contribution in [3.8, 4) is 0 Å². The van der Waals surface area contributed by atoms with Crippen molar-refractivity contribution in [1.29, 1.82) is 0 Å². The Kier molecular flexibility index (Phi) is 7.25. The summed E-state index contributed by atoms with van der Waals surface area (Å²) in [6.45, 7) is 5.01. The second kappa shape index (κ2) is 8.69. The third-order valence-electron chi connectivity index (χ3n) is 3.15. The Labute approximate surface area is 129 Å². The van der Waals surface area contributed by atoms with Crippen LogP contribution in [0.5, 0.6) is 0 Å². The topological polar surface area (TPSA) is 59.1 Å². The average molecular weight is 317 g/mol. The van der Waals surface area contributed by atoms with Crippen molar-refractivity contribution in [2.24, 2.45) is 0 Å². The number of ether oxygens (including phenoxy) is 2. The first-order chi connectivity index (χ1) is 10.0. The van der Waals surface area contributed by atoms with Crippen molar-refractivity contribution >= 4 is 24.1 Å². The van der Waals surface area contributed by atoms with Crippen LogP contribution >= 0.6 is 11.6 Å². The molecule has 0 N–H and O–H groups in total. The first-order valence-corrected chi connectivity index (χ1v) is 7.17. The lowest BCUT2D eigenvalue weighted by molar-refractivity contribution is -0.116. The monoisotopic (exact) mass is 316 g/mol. The second-order valence-electron chi connectivity index (χ2n) is 4.68. The maximum Gasteiger partial charge on any atom is 0.414 e. The highest BCUT2D eigenvalue weighted by atomic mass is 35.5. The van der Waals surface area contributed by atoms with Gasteiger partial charge in [0.1, 0.15) is 6.10 Å². The second-order valence-corrected chi connectivity index (χ2v) is 4.99. The molecule has 1 rings (SSSR count). The molecule has 1 aliphatic rings. The molecule has 1 saturated heterocycles. The first kappa shape index (κ1) is 17.5. The highest BCUT2D eigenvalue weighted by molar-refractivity contribution is 6.18. The molecule has 0 saturated carbocycles. The molecule has 6 nitrogen and oxygen atoms in total. The Morgan fingerprint density at radius 1 is 1.52 bits per heavy atom. The van der Waals surface area contributed by atoms with E-state index in [1.165, 1.54) is 9.80 Å². The Bertz CT molecular complexity index is 437. The smallest absolute Gasteiger partial charge is 0.414 e. The molecule has 1 heterocycles. The Balaban J connectivity index is 2.70. The van der Waals surface area contributed by atoms with E-state index in [9.17, 15) is 9.59 Å². The van der Waals surface area contributed by atoms with Crippen LogP contribution in [0.3, 0.4) is 0 Å². The number of carbonyl (C=O) groups excluding carboxylic acids is 2. The lowest BCUT2D eigenvalue weighted by Crippen LogP contribution is -2.24. The fraction of sp³-hybridized carbons (Fsp3) is 0.571. The van der Waals surface area contributed by atoms with Gasteiger partial charge >= 0.3 is 6.09 Å². The van der Waals surface area contributed by atoms with Crippen LogP contribution in [0.4, 0.5) is 4.79 Å². The van der Waals surface area contributed by atoms with E-state index in [-0.39, 0.29) is 12.0 Å².